The van der Waals surface area contributed by atoms with Crippen molar-refractivity contribution in [2.45, 2.75) is 33.2 Å². The Bertz CT molecular complexity index is 936. The van der Waals surface area contributed by atoms with Crippen molar-refractivity contribution in [3.8, 4) is 0 Å². The van der Waals surface area contributed by atoms with Crippen LogP contribution in [0.1, 0.15) is 40.7 Å². The van der Waals surface area contributed by atoms with Gasteiger partial charge in [-0.05, 0) is 38.0 Å². The van der Waals surface area contributed by atoms with E-state index in [4.69, 9.17) is 4.74 Å². The molecule has 0 radical (unpaired) electrons. The maximum atomic E-state index is 13.8. The molecule has 7 heteroatoms. The molecule has 0 spiro atoms. The molecule has 0 saturated carbocycles. The zero-order valence-corrected chi connectivity index (χ0v) is 17.7. The number of benzene rings is 1. The first-order chi connectivity index (χ1) is 14.5. The van der Waals surface area contributed by atoms with Crippen LogP contribution in [0, 0.1) is 12.7 Å². The van der Waals surface area contributed by atoms with Crippen LogP contribution in [0.25, 0.3) is 0 Å². The molecule has 1 amide bonds. The zero-order valence-electron chi connectivity index (χ0n) is 17.7. The molecule has 1 aromatic heterocycles. The molecule has 2 aromatic rings. The number of nitrogens with one attached hydrogen (secondary N) is 1. The van der Waals surface area contributed by atoms with E-state index in [2.05, 4.69) is 10.2 Å². The van der Waals surface area contributed by atoms with Crippen LogP contribution in [0.4, 0.5) is 4.39 Å². The normalized spacial score (nSPS) is 14.6. The Morgan fingerprint density at radius 3 is 2.67 bits per heavy atom. The van der Waals surface area contributed by atoms with Gasteiger partial charge in [0.2, 0.25) is 0 Å². The fourth-order valence-corrected chi connectivity index (χ4v) is 3.93. The molecule has 0 atom stereocenters. The van der Waals surface area contributed by atoms with Crippen molar-refractivity contribution < 1.29 is 13.9 Å². The monoisotopic (exact) mass is 415 g/mol. The predicted molar refractivity (Wildman–Crippen MR) is 115 cm³/mol. The second-order valence-electron chi connectivity index (χ2n) is 7.60. The van der Waals surface area contributed by atoms with Crippen LogP contribution >= 0.6 is 0 Å². The number of hydrogen-bond donors (Lipinski definition) is 1. The molecule has 0 bridgehead atoms. The highest BCUT2D eigenvalue weighted by atomic mass is 19.1. The minimum Gasteiger partial charge on any atom is -0.379 e. The van der Waals surface area contributed by atoms with E-state index >= 15 is 0 Å². The van der Waals surface area contributed by atoms with Crippen molar-refractivity contribution in [2.24, 2.45) is 0 Å². The number of rotatable bonds is 8. The van der Waals surface area contributed by atoms with Crippen molar-refractivity contribution >= 4 is 5.91 Å². The SMILES string of the molecule is CCNC(=O)c1c(Cc2cccc(F)c2)n(CCCN2CCOCC2)c(C)cc1=O. The van der Waals surface area contributed by atoms with E-state index in [0.29, 0.717) is 25.2 Å². The summed E-state index contributed by atoms with van der Waals surface area (Å²) in [5.74, 6) is -0.711. The number of carbonyl (C=O) groups excluding carboxylic acids is 1. The van der Waals surface area contributed by atoms with Crippen molar-refractivity contribution in [3.63, 3.8) is 0 Å². The third-order valence-electron chi connectivity index (χ3n) is 5.41. The van der Waals surface area contributed by atoms with Gasteiger partial charge in [-0.2, -0.15) is 0 Å². The Morgan fingerprint density at radius 1 is 1.20 bits per heavy atom. The van der Waals surface area contributed by atoms with Gasteiger partial charge in [-0.25, -0.2) is 4.39 Å². The second-order valence-corrected chi connectivity index (χ2v) is 7.60. The van der Waals surface area contributed by atoms with E-state index in [1.807, 2.05) is 24.5 Å². The van der Waals surface area contributed by atoms with Gasteiger partial charge in [0, 0.05) is 56.6 Å². The average molecular weight is 416 g/mol. The van der Waals surface area contributed by atoms with Crippen molar-refractivity contribution in [3.05, 3.63) is 68.9 Å². The predicted octanol–water partition coefficient (Wildman–Crippen LogP) is 2.36. The Morgan fingerprint density at radius 2 is 1.97 bits per heavy atom. The molecular weight excluding hydrogens is 385 g/mol. The molecule has 2 heterocycles. The summed E-state index contributed by atoms with van der Waals surface area (Å²) >= 11 is 0. The standard InChI is InChI=1S/C23H30FN3O3/c1-3-25-23(29)22-20(16-18-6-4-7-19(24)15-18)27(17(2)14-21(22)28)9-5-8-26-10-12-30-13-11-26/h4,6-7,14-15H,3,5,8-13,16H2,1-2H3,(H,25,29). The number of nitrogens with zero attached hydrogens (tertiary/aromatic N) is 2. The van der Waals surface area contributed by atoms with E-state index in [9.17, 15) is 14.0 Å². The van der Waals surface area contributed by atoms with E-state index < -0.39 is 0 Å². The molecule has 1 fully saturated rings. The van der Waals surface area contributed by atoms with Crippen LogP contribution in [0.2, 0.25) is 0 Å². The summed E-state index contributed by atoms with van der Waals surface area (Å²) in [5, 5.41) is 2.75. The maximum Gasteiger partial charge on any atom is 0.257 e. The smallest absolute Gasteiger partial charge is 0.257 e. The van der Waals surface area contributed by atoms with Crippen LogP contribution in [0.5, 0.6) is 0 Å². The summed E-state index contributed by atoms with van der Waals surface area (Å²) in [6.07, 6.45) is 1.20. The number of aromatic nitrogens is 1. The van der Waals surface area contributed by atoms with Crippen LogP contribution in [-0.2, 0) is 17.7 Å². The third-order valence-corrected chi connectivity index (χ3v) is 5.41. The summed E-state index contributed by atoms with van der Waals surface area (Å²) in [6, 6.07) is 7.82. The highest BCUT2D eigenvalue weighted by molar-refractivity contribution is 5.95. The minimum absolute atomic E-state index is 0.151. The number of carbonyl (C=O) groups is 1. The topological polar surface area (TPSA) is 63.6 Å². The molecule has 30 heavy (non-hydrogen) atoms. The summed E-state index contributed by atoms with van der Waals surface area (Å²) in [4.78, 5) is 27.8. The van der Waals surface area contributed by atoms with E-state index in [0.717, 1.165) is 50.5 Å². The van der Waals surface area contributed by atoms with Gasteiger partial charge in [-0.1, -0.05) is 12.1 Å². The molecule has 0 aliphatic carbocycles. The quantitative estimate of drug-likeness (QED) is 0.719. The average Bonchev–Trinajstić information content (AvgIpc) is 2.71. The lowest BCUT2D eigenvalue weighted by molar-refractivity contribution is 0.0369. The number of pyridine rings is 1. The minimum atomic E-state index is -0.379. The number of morpholine rings is 1. The van der Waals surface area contributed by atoms with Gasteiger partial charge in [0.25, 0.3) is 5.91 Å². The maximum absolute atomic E-state index is 13.8. The molecule has 0 unspecified atom stereocenters. The fourth-order valence-electron chi connectivity index (χ4n) is 3.93. The first kappa shape index (κ1) is 22.2. The molecule has 3 rings (SSSR count). The zero-order chi connectivity index (χ0) is 21.5. The third kappa shape index (κ3) is 5.55. The van der Waals surface area contributed by atoms with Crippen LogP contribution < -0.4 is 10.7 Å². The number of ether oxygens (including phenoxy) is 1. The Hall–Kier alpha value is -2.51. The molecule has 1 N–H and O–H groups in total. The second kappa shape index (κ2) is 10.5. The number of hydrogen-bond acceptors (Lipinski definition) is 4. The molecule has 1 aliphatic heterocycles. The largest absolute Gasteiger partial charge is 0.379 e. The van der Waals surface area contributed by atoms with Crippen molar-refractivity contribution in [1.82, 2.24) is 14.8 Å². The van der Waals surface area contributed by atoms with Gasteiger partial charge in [-0.3, -0.25) is 14.5 Å². The highest BCUT2D eigenvalue weighted by Crippen LogP contribution is 2.17. The molecule has 6 nitrogen and oxygen atoms in total. The van der Waals surface area contributed by atoms with Gasteiger partial charge >= 0.3 is 0 Å². The molecule has 1 aliphatic rings. The van der Waals surface area contributed by atoms with Gasteiger partial charge < -0.3 is 14.6 Å². The van der Waals surface area contributed by atoms with Gasteiger partial charge in [0.1, 0.15) is 11.4 Å². The van der Waals surface area contributed by atoms with Crippen LogP contribution in [0.3, 0.4) is 0 Å². The Labute approximate surface area is 176 Å². The summed E-state index contributed by atoms with van der Waals surface area (Å²) in [5.41, 5.74) is 2.03. The fraction of sp³-hybridized carbons (Fsp3) is 0.478. The first-order valence-electron chi connectivity index (χ1n) is 10.6. The number of aryl methyl sites for hydroxylation is 1. The van der Waals surface area contributed by atoms with Crippen LogP contribution in [0.15, 0.2) is 35.1 Å². The van der Waals surface area contributed by atoms with Gasteiger partial charge in [0.05, 0.1) is 13.2 Å². The van der Waals surface area contributed by atoms with Crippen molar-refractivity contribution in [2.75, 3.05) is 39.4 Å². The number of halogens is 1. The summed E-state index contributed by atoms with van der Waals surface area (Å²) in [6.45, 7) is 9.08. The van der Waals surface area contributed by atoms with E-state index in [1.165, 1.54) is 18.2 Å². The van der Waals surface area contributed by atoms with Crippen LogP contribution in [-0.4, -0.2) is 54.8 Å². The lowest BCUT2D eigenvalue weighted by atomic mass is 10.0. The summed E-state index contributed by atoms with van der Waals surface area (Å²) in [7, 11) is 0. The summed E-state index contributed by atoms with van der Waals surface area (Å²) < 4.78 is 21.2. The first-order valence-corrected chi connectivity index (χ1v) is 10.6. The Kier molecular flexibility index (Phi) is 7.76. The molecule has 1 saturated heterocycles. The number of amides is 1. The lowest BCUT2D eigenvalue weighted by Crippen LogP contribution is -2.37. The Balaban J connectivity index is 1.93. The van der Waals surface area contributed by atoms with E-state index in [1.54, 1.807) is 6.07 Å². The lowest BCUT2D eigenvalue weighted by Gasteiger charge is -2.27. The van der Waals surface area contributed by atoms with Crippen molar-refractivity contribution in [1.29, 1.82) is 0 Å². The molecular formula is C23H30FN3O3. The van der Waals surface area contributed by atoms with Gasteiger partial charge in [-0.15, -0.1) is 0 Å². The van der Waals surface area contributed by atoms with Gasteiger partial charge in [0.15, 0.2) is 5.43 Å². The highest BCUT2D eigenvalue weighted by Gasteiger charge is 2.20. The van der Waals surface area contributed by atoms with E-state index in [-0.39, 0.29) is 22.7 Å². The molecule has 162 valence electrons. The molecule has 1 aromatic carbocycles.